The van der Waals surface area contributed by atoms with Crippen molar-refractivity contribution in [1.82, 2.24) is 8.96 Å². The quantitative estimate of drug-likeness (QED) is 0.559. The zero-order valence-electron chi connectivity index (χ0n) is 16.5. The largest absolute Gasteiger partial charge is 0.465 e. The van der Waals surface area contributed by atoms with Crippen LogP contribution in [0.25, 0.3) is 11.0 Å². The van der Waals surface area contributed by atoms with Gasteiger partial charge in [0.25, 0.3) is 10.0 Å². The van der Waals surface area contributed by atoms with E-state index in [1.54, 1.807) is 18.2 Å². The SMILES string of the molecule is O=C(O)Nc1cnc2c(c1)cc(C(=O)CC1CCOCC1)n2S(=O)(=O)c1ccccc1. The van der Waals surface area contributed by atoms with Crippen LogP contribution in [-0.2, 0) is 14.8 Å². The lowest BCUT2D eigenvalue weighted by Gasteiger charge is -2.21. The minimum atomic E-state index is -4.10. The lowest BCUT2D eigenvalue weighted by molar-refractivity contribution is 0.0599. The second kappa shape index (κ2) is 8.48. The molecule has 2 aromatic heterocycles. The van der Waals surface area contributed by atoms with Gasteiger partial charge in [0, 0.05) is 25.0 Å². The van der Waals surface area contributed by atoms with Crippen molar-refractivity contribution in [2.45, 2.75) is 24.2 Å². The molecule has 31 heavy (non-hydrogen) atoms. The molecule has 1 aliphatic heterocycles. The van der Waals surface area contributed by atoms with Crippen LogP contribution in [0.5, 0.6) is 0 Å². The minimum Gasteiger partial charge on any atom is -0.465 e. The molecule has 1 fully saturated rings. The van der Waals surface area contributed by atoms with Crippen molar-refractivity contribution in [3.05, 3.63) is 54.4 Å². The summed E-state index contributed by atoms with van der Waals surface area (Å²) in [5.41, 5.74) is 0.248. The summed E-state index contributed by atoms with van der Waals surface area (Å²) in [7, 11) is -4.10. The predicted molar refractivity (Wildman–Crippen MR) is 113 cm³/mol. The molecule has 0 aliphatic carbocycles. The van der Waals surface area contributed by atoms with Crippen LogP contribution in [0.15, 0.2) is 53.6 Å². The Bertz CT molecular complexity index is 1230. The van der Waals surface area contributed by atoms with Crippen LogP contribution in [0.1, 0.15) is 29.8 Å². The number of nitrogens with one attached hydrogen (secondary N) is 1. The molecule has 3 heterocycles. The van der Waals surface area contributed by atoms with Gasteiger partial charge in [0.1, 0.15) is 5.69 Å². The molecule has 2 N–H and O–H groups in total. The molecule has 1 aliphatic rings. The molecular weight excluding hydrogens is 422 g/mol. The number of amides is 1. The molecule has 162 valence electrons. The van der Waals surface area contributed by atoms with Crippen molar-refractivity contribution in [3.63, 3.8) is 0 Å². The molecule has 3 aromatic rings. The van der Waals surface area contributed by atoms with Gasteiger partial charge in [0.2, 0.25) is 0 Å². The second-order valence-corrected chi connectivity index (χ2v) is 9.15. The van der Waals surface area contributed by atoms with E-state index in [0.29, 0.717) is 18.6 Å². The average Bonchev–Trinajstić information content (AvgIpc) is 3.14. The van der Waals surface area contributed by atoms with E-state index in [9.17, 15) is 18.0 Å². The summed E-state index contributed by atoms with van der Waals surface area (Å²) in [6.07, 6.45) is 1.63. The fourth-order valence-electron chi connectivity index (χ4n) is 3.71. The van der Waals surface area contributed by atoms with Gasteiger partial charge in [0.15, 0.2) is 11.4 Å². The number of aromatic nitrogens is 2. The number of ether oxygens (including phenoxy) is 1. The molecule has 1 amide bonds. The third-order valence-corrected chi connectivity index (χ3v) is 6.95. The van der Waals surface area contributed by atoms with Gasteiger partial charge in [-0.25, -0.2) is 22.2 Å². The van der Waals surface area contributed by atoms with E-state index in [-0.39, 0.29) is 40.0 Å². The monoisotopic (exact) mass is 443 g/mol. The number of benzene rings is 1. The first-order chi connectivity index (χ1) is 14.9. The third-order valence-electron chi connectivity index (χ3n) is 5.23. The number of rotatable bonds is 6. The van der Waals surface area contributed by atoms with Gasteiger partial charge in [0.05, 0.1) is 16.8 Å². The van der Waals surface area contributed by atoms with Gasteiger partial charge in [-0.15, -0.1) is 0 Å². The molecular formula is C21H21N3O6S. The first-order valence-corrected chi connectivity index (χ1v) is 11.2. The number of fused-ring (bicyclic) bond motifs is 1. The van der Waals surface area contributed by atoms with Crippen LogP contribution in [-0.4, -0.2) is 47.6 Å². The maximum absolute atomic E-state index is 13.4. The molecule has 0 radical (unpaired) electrons. The van der Waals surface area contributed by atoms with Gasteiger partial charge < -0.3 is 9.84 Å². The minimum absolute atomic E-state index is 0.00493. The highest BCUT2D eigenvalue weighted by atomic mass is 32.2. The highest BCUT2D eigenvalue weighted by Gasteiger charge is 2.29. The molecule has 1 saturated heterocycles. The Morgan fingerprint density at radius 1 is 1.16 bits per heavy atom. The highest BCUT2D eigenvalue weighted by Crippen LogP contribution is 2.29. The summed E-state index contributed by atoms with van der Waals surface area (Å²) in [5.74, 6) is -0.193. The molecule has 0 atom stereocenters. The number of pyridine rings is 1. The van der Waals surface area contributed by atoms with Gasteiger partial charge in [-0.1, -0.05) is 18.2 Å². The number of nitrogens with zero attached hydrogens (tertiary/aromatic N) is 2. The lowest BCUT2D eigenvalue weighted by Crippen LogP contribution is -2.22. The average molecular weight is 443 g/mol. The number of anilines is 1. The van der Waals surface area contributed by atoms with Gasteiger partial charge in [-0.2, -0.15) is 0 Å². The Morgan fingerprint density at radius 2 is 1.87 bits per heavy atom. The standard InChI is InChI=1S/C21H21N3O6S/c25-19(10-14-6-8-30-9-7-14)18-12-15-11-16(23-21(26)27)13-22-20(15)24(18)31(28,29)17-4-2-1-3-5-17/h1-5,11-14,23H,6-10H2,(H,26,27). The van der Waals surface area contributed by atoms with Crippen molar-refractivity contribution < 1.29 is 27.9 Å². The van der Waals surface area contributed by atoms with Crippen LogP contribution in [0.4, 0.5) is 10.5 Å². The predicted octanol–water partition coefficient (Wildman–Crippen LogP) is 3.36. The summed E-state index contributed by atoms with van der Waals surface area (Å²) in [5, 5.41) is 11.5. The molecule has 4 rings (SSSR count). The van der Waals surface area contributed by atoms with Crippen LogP contribution in [0.2, 0.25) is 0 Å². The van der Waals surface area contributed by atoms with Crippen molar-refractivity contribution in [2.75, 3.05) is 18.5 Å². The van der Waals surface area contributed by atoms with E-state index in [4.69, 9.17) is 9.84 Å². The fraction of sp³-hybridized carbons (Fsp3) is 0.286. The molecule has 9 nitrogen and oxygen atoms in total. The second-order valence-electron chi connectivity index (χ2n) is 7.36. The van der Waals surface area contributed by atoms with Gasteiger partial charge in [-0.05, 0) is 43.0 Å². The van der Waals surface area contributed by atoms with E-state index in [2.05, 4.69) is 10.3 Å². The van der Waals surface area contributed by atoms with Crippen LogP contribution in [0.3, 0.4) is 0 Å². The Kier molecular flexibility index (Phi) is 5.75. The third kappa shape index (κ3) is 4.30. The Balaban J connectivity index is 1.83. The number of Topliss-reactive ketones (excluding diaryl/α,β-unsaturated/α-hetero) is 1. The smallest absolute Gasteiger partial charge is 0.409 e. The summed E-state index contributed by atoms with van der Waals surface area (Å²) in [6, 6.07) is 10.7. The van der Waals surface area contributed by atoms with Crippen molar-refractivity contribution in [3.8, 4) is 0 Å². The topological polar surface area (TPSA) is 128 Å². The Morgan fingerprint density at radius 3 is 2.55 bits per heavy atom. The summed E-state index contributed by atoms with van der Waals surface area (Å²) in [4.78, 5) is 28.3. The summed E-state index contributed by atoms with van der Waals surface area (Å²) in [6.45, 7) is 1.16. The van der Waals surface area contributed by atoms with Crippen LogP contribution < -0.4 is 5.32 Å². The van der Waals surface area contributed by atoms with E-state index in [1.165, 1.54) is 30.5 Å². The normalized spacial score (nSPS) is 15.1. The number of carboxylic acid groups (broad SMARTS) is 1. The molecule has 10 heteroatoms. The number of carbonyl (C=O) groups excluding carboxylic acids is 1. The maximum Gasteiger partial charge on any atom is 0.409 e. The number of carbonyl (C=O) groups is 2. The van der Waals surface area contributed by atoms with Crippen LogP contribution >= 0.6 is 0 Å². The van der Waals surface area contributed by atoms with Crippen LogP contribution in [0, 0.1) is 5.92 Å². The van der Waals surface area contributed by atoms with E-state index in [1.807, 2.05) is 0 Å². The number of ketones is 1. The zero-order chi connectivity index (χ0) is 22.0. The van der Waals surface area contributed by atoms with E-state index >= 15 is 0 Å². The number of hydrogen-bond acceptors (Lipinski definition) is 6. The van der Waals surface area contributed by atoms with Gasteiger partial charge >= 0.3 is 6.09 Å². The fourth-order valence-corrected chi connectivity index (χ4v) is 5.22. The highest BCUT2D eigenvalue weighted by molar-refractivity contribution is 7.90. The van der Waals surface area contributed by atoms with Gasteiger partial charge in [-0.3, -0.25) is 10.1 Å². The van der Waals surface area contributed by atoms with Crippen molar-refractivity contribution in [2.24, 2.45) is 5.92 Å². The number of hydrogen-bond donors (Lipinski definition) is 2. The molecule has 0 saturated carbocycles. The molecule has 0 bridgehead atoms. The van der Waals surface area contributed by atoms with Crippen molar-refractivity contribution in [1.29, 1.82) is 0 Å². The van der Waals surface area contributed by atoms with E-state index < -0.39 is 16.1 Å². The molecule has 0 unspecified atom stereocenters. The zero-order valence-corrected chi connectivity index (χ0v) is 17.3. The molecule has 1 aromatic carbocycles. The van der Waals surface area contributed by atoms with E-state index in [0.717, 1.165) is 16.8 Å². The summed E-state index contributed by atoms with van der Waals surface area (Å²) < 4.78 is 33.2. The summed E-state index contributed by atoms with van der Waals surface area (Å²) >= 11 is 0. The Hall–Kier alpha value is -3.24. The lowest BCUT2D eigenvalue weighted by atomic mass is 9.93. The first kappa shape index (κ1) is 21.0. The first-order valence-electron chi connectivity index (χ1n) is 9.79. The van der Waals surface area contributed by atoms with Crippen molar-refractivity contribution >= 4 is 38.6 Å². The maximum atomic E-state index is 13.4. The molecule has 0 spiro atoms. The Labute approximate surface area is 178 Å².